The minimum atomic E-state index is 0.576. The Hall–Kier alpha value is -1.23. The van der Waals surface area contributed by atoms with Crippen LogP contribution in [0, 0.1) is 0 Å². The first-order chi connectivity index (χ1) is 8.76. The van der Waals surface area contributed by atoms with Crippen LogP contribution in [0.4, 0.5) is 0 Å². The first-order valence-corrected chi connectivity index (χ1v) is 7.23. The maximum absolute atomic E-state index is 5.60. The van der Waals surface area contributed by atoms with E-state index < -0.39 is 0 Å². The molecule has 0 amide bonds. The Bertz CT molecular complexity index is 689. The van der Waals surface area contributed by atoms with Gasteiger partial charge in [0.2, 0.25) is 0 Å². The molecule has 0 spiro atoms. The largest absolute Gasteiger partial charge is 0.326 e. The normalized spacial score (nSPS) is 11.0. The summed E-state index contributed by atoms with van der Waals surface area (Å²) in [7, 11) is 0. The van der Waals surface area contributed by atoms with E-state index in [0.29, 0.717) is 6.54 Å². The smallest absolute Gasteiger partial charge is 0.124 e. The van der Waals surface area contributed by atoms with Crippen LogP contribution in [-0.2, 0) is 6.54 Å². The van der Waals surface area contributed by atoms with Crippen molar-refractivity contribution in [2.75, 3.05) is 0 Å². The molecule has 18 heavy (non-hydrogen) atoms. The summed E-state index contributed by atoms with van der Waals surface area (Å²) in [5.41, 5.74) is 8.93. The molecule has 0 aliphatic rings. The third-order valence-corrected chi connectivity index (χ3v) is 4.35. The highest BCUT2D eigenvalue weighted by molar-refractivity contribution is 9.10. The number of hydrogen-bond acceptors (Lipinski definition) is 3. The van der Waals surface area contributed by atoms with E-state index in [-0.39, 0.29) is 0 Å². The lowest BCUT2D eigenvalue weighted by Crippen LogP contribution is -1.94. The van der Waals surface area contributed by atoms with Crippen LogP contribution in [0.5, 0.6) is 0 Å². The lowest BCUT2D eigenvalue weighted by molar-refractivity contribution is 1.07. The van der Waals surface area contributed by atoms with Crippen molar-refractivity contribution >= 4 is 37.5 Å². The Labute approximate surface area is 118 Å². The summed E-state index contributed by atoms with van der Waals surface area (Å²) in [5, 5.41) is 1.05. The van der Waals surface area contributed by atoms with Crippen molar-refractivity contribution in [3.8, 4) is 10.6 Å². The Kier molecular flexibility index (Phi) is 3.16. The van der Waals surface area contributed by atoms with Crippen molar-refractivity contribution in [3.63, 3.8) is 0 Å². The summed E-state index contributed by atoms with van der Waals surface area (Å²) in [5.74, 6) is 0. The number of aromatic nitrogens is 1. The number of nitrogens with two attached hydrogens (primary N) is 1. The van der Waals surface area contributed by atoms with E-state index in [9.17, 15) is 0 Å². The van der Waals surface area contributed by atoms with Gasteiger partial charge in [0.05, 0.1) is 10.2 Å². The van der Waals surface area contributed by atoms with Gasteiger partial charge >= 0.3 is 0 Å². The van der Waals surface area contributed by atoms with Crippen molar-refractivity contribution in [1.29, 1.82) is 0 Å². The van der Waals surface area contributed by atoms with Gasteiger partial charge < -0.3 is 5.73 Å². The molecule has 2 aromatic carbocycles. The molecule has 3 rings (SSSR count). The maximum Gasteiger partial charge on any atom is 0.124 e. The van der Waals surface area contributed by atoms with Crippen LogP contribution >= 0.6 is 27.3 Å². The number of benzene rings is 2. The van der Waals surface area contributed by atoms with Crippen molar-refractivity contribution < 1.29 is 0 Å². The fourth-order valence-corrected chi connectivity index (χ4v) is 3.33. The van der Waals surface area contributed by atoms with E-state index in [1.165, 1.54) is 4.70 Å². The summed E-state index contributed by atoms with van der Waals surface area (Å²) < 4.78 is 2.28. The van der Waals surface area contributed by atoms with E-state index in [4.69, 9.17) is 5.73 Å². The number of hydrogen-bond donors (Lipinski definition) is 1. The van der Waals surface area contributed by atoms with Gasteiger partial charge in [0, 0.05) is 16.6 Å². The SMILES string of the molecule is NCc1ccc(-c2nc3ccc(Br)cc3s2)cc1. The topological polar surface area (TPSA) is 38.9 Å². The van der Waals surface area contributed by atoms with Gasteiger partial charge in [-0.15, -0.1) is 11.3 Å². The average Bonchev–Trinajstić information content (AvgIpc) is 2.81. The van der Waals surface area contributed by atoms with Crippen LogP contribution in [-0.4, -0.2) is 4.98 Å². The predicted octanol–water partition coefficient (Wildman–Crippen LogP) is 4.18. The molecule has 2 N–H and O–H groups in total. The van der Waals surface area contributed by atoms with Crippen LogP contribution in [0.2, 0.25) is 0 Å². The van der Waals surface area contributed by atoms with Gasteiger partial charge in [-0.25, -0.2) is 4.98 Å². The van der Waals surface area contributed by atoms with Crippen molar-refractivity contribution in [2.24, 2.45) is 5.73 Å². The molecular formula is C14H11BrN2S. The zero-order chi connectivity index (χ0) is 12.5. The molecule has 4 heteroatoms. The molecule has 1 heterocycles. The molecule has 0 radical (unpaired) electrons. The number of rotatable bonds is 2. The molecule has 0 aliphatic carbocycles. The number of thiazole rings is 1. The van der Waals surface area contributed by atoms with Gasteiger partial charge in [0.15, 0.2) is 0 Å². The molecule has 0 fully saturated rings. The number of halogens is 1. The fourth-order valence-electron chi connectivity index (χ4n) is 1.81. The lowest BCUT2D eigenvalue weighted by Gasteiger charge is -1.98. The zero-order valence-corrected chi connectivity index (χ0v) is 12.0. The Morgan fingerprint density at radius 1 is 1.11 bits per heavy atom. The lowest BCUT2D eigenvalue weighted by atomic mass is 10.1. The molecule has 3 aromatic rings. The van der Waals surface area contributed by atoms with Gasteiger partial charge in [0.25, 0.3) is 0 Å². The summed E-state index contributed by atoms with van der Waals surface area (Å²) in [6, 6.07) is 14.4. The number of fused-ring (bicyclic) bond motifs is 1. The van der Waals surface area contributed by atoms with Gasteiger partial charge in [-0.2, -0.15) is 0 Å². The summed E-state index contributed by atoms with van der Waals surface area (Å²) in [6.07, 6.45) is 0. The molecule has 90 valence electrons. The van der Waals surface area contributed by atoms with E-state index in [0.717, 1.165) is 26.1 Å². The highest BCUT2D eigenvalue weighted by Gasteiger charge is 2.06. The minimum absolute atomic E-state index is 0.576. The molecule has 0 saturated carbocycles. The van der Waals surface area contributed by atoms with Gasteiger partial charge in [0.1, 0.15) is 5.01 Å². The molecule has 0 unspecified atom stereocenters. The van der Waals surface area contributed by atoms with E-state index in [1.807, 2.05) is 12.1 Å². The van der Waals surface area contributed by atoms with E-state index in [1.54, 1.807) is 11.3 Å². The van der Waals surface area contributed by atoms with Crippen molar-refractivity contribution in [3.05, 3.63) is 52.5 Å². The second kappa shape index (κ2) is 4.80. The van der Waals surface area contributed by atoms with Crippen molar-refractivity contribution in [2.45, 2.75) is 6.54 Å². The average molecular weight is 319 g/mol. The quantitative estimate of drug-likeness (QED) is 0.769. The van der Waals surface area contributed by atoms with Crippen molar-refractivity contribution in [1.82, 2.24) is 4.98 Å². The molecule has 1 aromatic heterocycles. The fraction of sp³-hybridized carbons (Fsp3) is 0.0714. The molecule has 0 aliphatic heterocycles. The summed E-state index contributed by atoms with van der Waals surface area (Å²) in [4.78, 5) is 4.65. The van der Waals surface area contributed by atoms with Crippen LogP contribution in [0.1, 0.15) is 5.56 Å². The summed E-state index contributed by atoms with van der Waals surface area (Å²) >= 11 is 5.19. The number of nitrogens with zero attached hydrogens (tertiary/aromatic N) is 1. The standard InChI is InChI=1S/C14H11BrN2S/c15-11-5-6-12-13(7-11)18-14(17-12)10-3-1-9(8-16)2-4-10/h1-7H,8,16H2. The van der Waals surface area contributed by atoms with Crippen LogP contribution in [0.3, 0.4) is 0 Å². The molecule has 2 nitrogen and oxygen atoms in total. The van der Waals surface area contributed by atoms with E-state index >= 15 is 0 Å². The maximum atomic E-state index is 5.60. The molecule has 0 bridgehead atoms. The zero-order valence-electron chi connectivity index (χ0n) is 9.56. The van der Waals surface area contributed by atoms with Crippen LogP contribution in [0.15, 0.2) is 46.9 Å². The molecule has 0 atom stereocenters. The highest BCUT2D eigenvalue weighted by Crippen LogP contribution is 2.31. The van der Waals surface area contributed by atoms with Crippen LogP contribution < -0.4 is 5.73 Å². The monoisotopic (exact) mass is 318 g/mol. The van der Waals surface area contributed by atoms with Crippen LogP contribution in [0.25, 0.3) is 20.8 Å². The highest BCUT2D eigenvalue weighted by atomic mass is 79.9. The third kappa shape index (κ3) is 2.19. The Balaban J connectivity index is 2.07. The minimum Gasteiger partial charge on any atom is -0.326 e. The Morgan fingerprint density at radius 3 is 2.61 bits per heavy atom. The van der Waals surface area contributed by atoms with Gasteiger partial charge in [-0.3, -0.25) is 0 Å². The summed E-state index contributed by atoms with van der Waals surface area (Å²) in [6.45, 7) is 0.576. The second-order valence-corrected chi connectivity index (χ2v) is 5.98. The van der Waals surface area contributed by atoms with E-state index in [2.05, 4.69) is 51.2 Å². The third-order valence-electron chi connectivity index (χ3n) is 2.79. The van der Waals surface area contributed by atoms with Gasteiger partial charge in [-0.1, -0.05) is 40.2 Å². The molecule has 0 saturated heterocycles. The Morgan fingerprint density at radius 2 is 1.89 bits per heavy atom. The predicted molar refractivity (Wildman–Crippen MR) is 80.6 cm³/mol. The first kappa shape index (κ1) is 11.8. The molecular weight excluding hydrogens is 308 g/mol. The second-order valence-electron chi connectivity index (χ2n) is 4.03. The van der Waals surface area contributed by atoms with Gasteiger partial charge in [-0.05, 0) is 23.8 Å². The first-order valence-electron chi connectivity index (χ1n) is 5.62.